The number of hydrogen-bond donors (Lipinski definition) is 13. The zero-order chi connectivity index (χ0) is 48.9. The number of rotatable bonds is 29. The van der Waals surface area contributed by atoms with Crippen LogP contribution in [0.3, 0.4) is 0 Å². The van der Waals surface area contributed by atoms with Gasteiger partial charge in [-0.15, -0.1) is 0 Å². The maximum atomic E-state index is 13.5. The molecule has 8 amide bonds. The number of aliphatic hydroxyl groups excluding tert-OH is 1. The third-order valence-corrected chi connectivity index (χ3v) is 9.75. The van der Waals surface area contributed by atoms with E-state index in [4.69, 9.17) is 5.73 Å². The van der Waals surface area contributed by atoms with Crippen molar-refractivity contribution >= 4 is 71.8 Å². The summed E-state index contributed by atoms with van der Waals surface area (Å²) in [5.41, 5.74) is 5.60. The monoisotopic (exact) mass is 917 g/mol. The summed E-state index contributed by atoms with van der Waals surface area (Å²) in [5, 5.41) is 47.8. The number of thiol groups is 1. The van der Waals surface area contributed by atoms with Gasteiger partial charge in [0, 0.05) is 12.2 Å². The van der Waals surface area contributed by atoms with E-state index in [0.717, 1.165) is 0 Å². The number of aliphatic hydroxyl groups is 1. The van der Waals surface area contributed by atoms with Crippen LogP contribution in [-0.4, -0.2) is 141 Å². The van der Waals surface area contributed by atoms with Gasteiger partial charge >= 0.3 is 11.9 Å². The highest BCUT2D eigenvalue weighted by molar-refractivity contribution is 7.80. The van der Waals surface area contributed by atoms with Crippen LogP contribution in [0, 0.1) is 23.7 Å². The number of hydrogen-bond acceptors (Lipinski definition) is 13. The van der Waals surface area contributed by atoms with Crippen LogP contribution in [-0.2, 0) is 47.9 Å². The van der Waals surface area contributed by atoms with Gasteiger partial charge in [0.15, 0.2) is 0 Å². The molecule has 0 heterocycles. The topological polar surface area (TPSA) is 354 Å². The molecule has 0 aliphatic rings. The lowest BCUT2D eigenvalue weighted by Gasteiger charge is -2.27. The van der Waals surface area contributed by atoms with Crippen LogP contribution in [0.4, 0.5) is 0 Å². The van der Waals surface area contributed by atoms with Gasteiger partial charge in [0.05, 0.1) is 6.61 Å². The van der Waals surface area contributed by atoms with Crippen LogP contribution >= 0.6 is 12.6 Å². The Kier molecular flexibility index (Phi) is 26.3. The second-order valence-corrected chi connectivity index (χ2v) is 17.5. The summed E-state index contributed by atoms with van der Waals surface area (Å²) in [6.07, 6.45) is -0.540. The van der Waals surface area contributed by atoms with E-state index in [2.05, 4.69) is 55.2 Å². The smallest absolute Gasteiger partial charge is 0.326 e. The van der Waals surface area contributed by atoms with Gasteiger partial charge in [0.2, 0.25) is 47.3 Å². The van der Waals surface area contributed by atoms with Crippen molar-refractivity contribution in [2.45, 2.75) is 156 Å². The van der Waals surface area contributed by atoms with Gasteiger partial charge in [0.25, 0.3) is 0 Å². The Balaban J connectivity index is 5.86. The summed E-state index contributed by atoms with van der Waals surface area (Å²) in [7, 11) is 0. The maximum absolute atomic E-state index is 13.5. The Labute approximate surface area is 374 Å². The Hall–Kier alpha value is -5.03. The Morgan fingerprint density at radius 3 is 1.16 bits per heavy atom. The van der Waals surface area contributed by atoms with E-state index in [9.17, 15) is 63.3 Å². The number of carboxylic acids is 2. The Morgan fingerprint density at radius 2 is 0.810 bits per heavy atom. The molecule has 13 N–H and O–H groups in total. The Bertz CT molecular complexity index is 1600. The molecule has 0 unspecified atom stereocenters. The average molecular weight is 918 g/mol. The molecule has 0 aromatic carbocycles. The van der Waals surface area contributed by atoms with Crippen LogP contribution in [0.15, 0.2) is 0 Å². The van der Waals surface area contributed by atoms with Crippen LogP contribution in [0.5, 0.6) is 0 Å². The number of aliphatic carboxylic acids is 2. The summed E-state index contributed by atoms with van der Waals surface area (Å²) in [4.78, 5) is 129. The lowest BCUT2D eigenvalue weighted by molar-refractivity contribution is -0.144. The third-order valence-electron chi connectivity index (χ3n) is 9.38. The standard InChI is InChI=1S/C40H71N9O13S/c1-18(2)13-26(47-38(59)28(15-20(5)6)46-34(55)24(41)16-50)36(57)42-23(10)33(54)48-29(17-63)39(60)43-22(9)32(53)45-27(14-19(3)4)37(58)44-25(11-12-30(51)52)35(56)49-31(21(7)8)40(61)62/h18-29,31,50,63H,11-17,41H2,1-10H3,(H,42,57)(H,43,60)(H,44,58)(H,45,53)(H,46,55)(H,47,59)(H,48,54)(H,49,56)(H,51,52)(H,61,62)/t22-,23-,24-,25-,26-,27-,28-,29-,31-/m0/s1. The van der Waals surface area contributed by atoms with Gasteiger partial charge in [-0.1, -0.05) is 55.4 Å². The van der Waals surface area contributed by atoms with E-state index >= 15 is 0 Å². The molecule has 0 bridgehead atoms. The van der Waals surface area contributed by atoms with Crippen molar-refractivity contribution in [2.24, 2.45) is 29.4 Å². The fraction of sp³-hybridized carbons (Fsp3) is 0.750. The molecular formula is C40H71N9O13S. The van der Waals surface area contributed by atoms with E-state index < -0.39 is 133 Å². The first kappa shape index (κ1) is 58.0. The zero-order valence-electron chi connectivity index (χ0n) is 37.9. The largest absolute Gasteiger partial charge is 0.481 e. The molecule has 22 nitrogen and oxygen atoms in total. The van der Waals surface area contributed by atoms with Gasteiger partial charge in [-0.3, -0.25) is 43.2 Å². The first-order valence-electron chi connectivity index (χ1n) is 21.0. The molecule has 0 aromatic rings. The highest BCUT2D eigenvalue weighted by Gasteiger charge is 2.34. The number of amides is 8. The highest BCUT2D eigenvalue weighted by Crippen LogP contribution is 2.11. The molecule has 0 fully saturated rings. The summed E-state index contributed by atoms with van der Waals surface area (Å²) < 4.78 is 0. The van der Waals surface area contributed by atoms with Gasteiger partial charge in [-0.25, -0.2) is 4.79 Å². The molecule has 9 atom stereocenters. The average Bonchev–Trinajstić information content (AvgIpc) is 3.17. The molecule has 0 aromatic heterocycles. The van der Waals surface area contributed by atoms with E-state index in [1.54, 1.807) is 27.7 Å². The van der Waals surface area contributed by atoms with Crippen LogP contribution in [0.2, 0.25) is 0 Å². The first-order chi connectivity index (χ1) is 29.1. The van der Waals surface area contributed by atoms with Crippen molar-refractivity contribution in [3.63, 3.8) is 0 Å². The van der Waals surface area contributed by atoms with E-state index in [0.29, 0.717) is 0 Å². The van der Waals surface area contributed by atoms with E-state index in [1.807, 2.05) is 27.7 Å². The molecule has 23 heteroatoms. The van der Waals surface area contributed by atoms with Crippen LogP contribution in [0.1, 0.15) is 101 Å². The molecular weight excluding hydrogens is 847 g/mol. The molecule has 0 radical (unpaired) electrons. The number of nitrogens with two attached hydrogens (primary N) is 1. The van der Waals surface area contributed by atoms with Gasteiger partial charge in [-0.2, -0.15) is 12.6 Å². The second kappa shape index (κ2) is 28.6. The van der Waals surface area contributed by atoms with Crippen LogP contribution < -0.4 is 48.3 Å². The lowest BCUT2D eigenvalue weighted by Crippen LogP contribution is -2.60. The van der Waals surface area contributed by atoms with Crippen molar-refractivity contribution < 1.29 is 63.3 Å². The van der Waals surface area contributed by atoms with Crippen molar-refractivity contribution in [1.29, 1.82) is 0 Å². The molecule has 0 saturated heterocycles. The van der Waals surface area contributed by atoms with E-state index in [-0.39, 0.29) is 49.2 Å². The Morgan fingerprint density at radius 1 is 0.476 bits per heavy atom. The lowest BCUT2D eigenvalue weighted by atomic mass is 9.99. The molecule has 0 aliphatic heterocycles. The number of carbonyl (C=O) groups is 10. The fourth-order valence-corrected chi connectivity index (χ4v) is 6.12. The van der Waals surface area contributed by atoms with Crippen molar-refractivity contribution in [3.05, 3.63) is 0 Å². The van der Waals surface area contributed by atoms with Crippen molar-refractivity contribution in [2.75, 3.05) is 12.4 Å². The molecule has 0 rings (SSSR count). The fourth-order valence-electron chi connectivity index (χ4n) is 5.87. The summed E-state index contributed by atoms with van der Waals surface area (Å²) >= 11 is 4.16. The SMILES string of the molecule is CC(C)C[C@H](NC(=O)[C@H](C)NC(=O)[C@H](CS)NC(=O)[C@H](C)NC(=O)[C@H](CC(C)C)NC(=O)[C@H](CC(C)C)NC(=O)[C@@H](N)CO)C(=O)N[C@@H](CCC(=O)O)C(=O)N[C@H](C(=O)O)C(C)C. The third kappa shape index (κ3) is 22.2. The maximum Gasteiger partial charge on any atom is 0.326 e. The molecule has 0 saturated carbocycles. The summed E-state index contributed by atoms with van der Waals surface area (Å²) in [6.45, 7) is 15.9. The van der Waals surface area contributed by atoms with Gasteiger partial charge in [0.1, 0.15) is 54.4 Å². The van der Waals surface area contributed by atoms with Gasteiger partial charge in [-0.05, 0) is 63.2 Å². The van der Waals surface area contributed by atoms with E-state index in [1.165, 1.54) is 13.8 Å². The van der Waals surface area contributed by atoms with Crippen LogP contribution in [0.25, 0.3) is 0 Å². The minimum Gasteiger partial charge on any atom is -0.481 e. The number of carbonyl (C=O) groups excluding carboxylic acids is 8. The molecule has 0 aliphatic carbocycles. The quantitative estimate of drug-likeness (QED) is 0.0358. The number of nitrogens with one attached hydrogen (secondary N) is 8. The first-order valence-corrected chi connectivity index (χ1v) is 21.6. The highest BCUT2D eigenvalue weighted by atomic mass is 32.1. The van der Waals surface area contributed by atoms with Crippen molar-refractivity contribution in [1.82, 2.24) is 42.5 Å². The molecule has 0 spiro atoms. The minimum atomic E-state index is -1.47. The normalized spacial score (nSPS) is 15.6. The summed E-state index contributed by atoms with van der Waals surface area (Å²) in [5.74, 6) is -10.2. The minimum absolute atomic E-state index is 0.0459. The summed E-state index contributed by atoms with van der Waals surface area (Å²) in [6, 6.07) is -11.4. The van der Waals surface area contributed by atoms with Crippen molar-refractivity contribution in [3.8, 4) is 0 Å². The zero-order valence-corrected chi connectivity index (χ0v) is 38.8. The molecule has 63 heavy (non-hydrogen) atoms. The number of carboxylic acid groups (broad SMARTS) is 2. The predicted molar refractivity (Wildman–Crippen MR) is 233 cm³/mol. The van der Waals surface area contributed by atoms with Gasteiger partial charge < -0.3 is 63.6 Å². The predicted octanol–water partition coefficient (Wildman–Crippen LogP) is -2.10. The molecule has 360 valence electrons. The second-order valence-electron chi connectivity index (χ2n) is 17.1.